The van der Waals surface area contributed by atoms with Crippen molar-refractivity contribution in [2.75, 3.05) is 0 Å². The van der Waals surface area contributed by atoms with E-state index in [-0.39, 0.29) is 18.0 Å². The molecule has 166 valence electrons. The van der Waals surface area contributed by atoms with E-state index in [2.05, 4.69) is 15.0 Å². The van der Waals surface area contributed by atoms with E-state index in [1.165, 1.54) is 0 Å². The molecule has 3 N–H and O–H groups in total. The molecule has 0 saturated heterocycles. The number of carboxylic acid groups (broad SMARTS) is 1. The van der Waals surface area contributed by atoms with Crippen LogP contribution in [0.25, 0.3) is 57.5 Å². The molecule has 1 aromatic carbocycles. The van der Waals surface area contributed by atoms with Gasteiger partial charge in [-0.1, -0.05) is 18.2 Å². The summed E-state index contributed by atoms with van der Waals surface area (Å²) >= 11 is 0. The molecule has 2 aliphatic rings. The first-order chi connectivity index (χ1) is 16.1. The SMILES string of the molecule is Cl.O=C(O)c1ccccc1-c1cc2cc3ccc(cc4nc(cc5nc(cc1[nH]2)C=C5)C=C4)[nH]3. The van der Waals surface area contributed by atoms with Crippen molar-refractivity contribution in [1.29, 1.82) is 0 Å². The van der Waals surface area contributed by atoms with Gasteiger partial charge in [-0.25, -0.2) is 14.8 Å². The fraction of sp³-hybridized carbons (Fsp3) is 0. The Morgan fingerprint density at radius 3 is 1.97 bits per heavy atom. The monoisotopic (exact) mass is 466 g/mol. The van der Waals surface area contributed by atoms with Crippen molar-refractivity contribution in [2.45, 2.75) is 0 Å². The number of aromatic nitrogens is 4. The van der Waals surface area contributed by atoms with E-state index in [0.29, 0.717) is 5.56 Å². The Morgan fingerprint density at radius 1 is 0.647 bits per heavy atom. The Balaban J connectivity index is 0.00000241. The maximum atomic E-state index is 11.9. The molecule has 0 saturated carbocycles. The van der Waals surface area contributed by atoms with Gasteiger partial charge in [0.25, 0.3) is 0 Å². The fourth-order valence-corrected chi connectivity index (χ4v) is 4.15. The summed E-state index contributed by atoms with van der Waals surface area (Å²) in [5.41, 5.74) is 8.51. The third kappa shape index (κ3) is 4.02. The number of carbonyl (C=O) groups is 1. The van der Waals surface area contributed by atoms with Crippen LogP contribution in [0.5, 0.6) is 0 Å². The van der Waals surface area contributed by atoms with E-state index >= 15 is 0 Å². The normalized spacial score (nSPS) is 11.9. The summed E-state index contributed by atoms with van der Waals surface area (Å²) < 4.78 is 0. The number of nitrogens with one attached hydrogen (secondary N) is 2. The zero-order chi connectivity index (χ0) is 22.4. The van der Waals surface area contributed by atoms with Gasteiger partial charge in [-0.15, -0.1) is 12.4 Å². The van der Waals surface area contributed by atoms with Crippen molar-refractivity contribution in [3.8, 4) is 11.1 Å². The maximum Gasteiger partial charge on any atom is 0.336 e. The molecule has 0 aliphatic carbocycles. The zero-order valence-corrected chi connectivity index (χ0v) is 18.6. The van der Waals surface area contributed by atoms with Crippen LogP contribution in [0.15, 0.2) is 66.7 Å². The van der Waals surface area contributed by atoms with E-state index in [0.717, 1.165) is 50.4 Å². The van der Waals surface area contributed by atoms with Gasteiger partial charge in [-0.2, -0.15) is 0 Å². The molecule has 0 amide bonds. The van der Waals surface area contributed by atoms with E-state index in [9.17, 15) is 9.90 Å². The molecule has 5 heterocycles. The average molecular weight is 467 g/mol. The minimum Gasteiger partial charge on any atom is -0.478 e. The number of aromatic carboxylic acids is 1. The Kier molecular flexibility index (Phi) is 5.36. The Bertz CT molecular complexity index is 1660. The van der Waals surface area contributed by atoms with Gasteiger partial charge in [-0.05, 0) is 78.4 Å². The number of fused-ring (bicyclic) bond motifs is 8. The first-order valence-electron chi connectivity index (χ1n) is 10.5. The van der Waals surface area contributed by atoms with Crippen molar-refractivity contribution in [3.05, 3.63) is 95.1 Å². The second-order valence-electron chi connectivity index (χ2n) is 7.94. The number of halogens is 1. The minimum atomic E-state index is -0.962. The molecule has 8 bridgehead atoms. The predicted molar refractivity (Wildman–Crippen MR) is 139 cm³/mol. The predicted octanol–water partition coefficient (Wildman–Crippen LogP) is 6.44. The number of rotatable bonds is 2. The van der Waals surface area contributed by atoms with Crippen LogP contribution in [0.1, 0.15) is 33.1 Å². The number of benzene rings is 1. The quantitative estimate of drug-likeness (QED) is 0.273. The van der Waals surface area contributed by atoms with E-state index in [1.807, 2.05) is 78.9 Å². The highest BCUT2D eigenvalue weighted by Crippen LogP contribution is 2.30. The van der Waals surface area contributed by atoms with Gasteiger partial charge in [0, 0.05) is 27.6 Å². The fourth-order valence-electron chi connectivity index (χ4n) is 4.15. The molecule has 0 spiro atoms. The van der Waals surface area contributed by atoms with Crippen LogP contribution in [0.2, 0.25) is 0 Å². The average Bonchev–Trinajstić information content (AvgIpc) is 3.59. The van der Waals surface area contributed by atoms with Crippen LogP contribution in [-0.4, -0.2) is 31.0 Å². The molecular formula is C27H19ClN4O2. The lowest BCUT2D eigenvalue weighted by molar-refractivity contribution is 0.0697. The molecular weight excluding hydrogens is 448 g/mol. The summed E-state index contributed by atoms with van der Waals surface area (Å²) in [4.78, 5) is 28.0. The zero-order valence-electron chi connectivity index (χ0n) is 17.8. The summed E-state index contributed by atoms with van der Waals surface area (Å²) in [6.07, 6.45) is 7.83. The van der Waals surface area contributed by atoms with Crippen molar-refractivity contribution < 1.29 is 9.90 Å². The molecule has 6 rings (SSSR count). The Morgan fingerprint density at radius 2 is 1.26 bits per heavy atom. The number of nitrogens with zero attached hydrogens (tertiary/aromatic N) is 2. The highest BCUT2D eigenvalue weighted by atomic mass is 35.5. The highest BCUT2D eigenvalue weighted by molar-refractivity contribution is 6.00. The number of H-pyrrole nitrogens is 2. The lowest BCUT2D eigenvalue weighted by atomic mass is 10.0. The van der Waals surface area contributed by atoms with Gasteiger partial charge in [0.1, 0.15) is 0 Å². The Hall–Kier alpha value is -4.42. The van der Waals surface area contributed by atoms with Gasteiger partial charge >= 0.3 is 5.97 Å². The molecule has 4 aromatic rings. The van der Waals surface area contributed by atoms with Gasteiger partial charge in [0.2, 0.25) is 0 Å². The highest BCUT2D eigenvalue weighted by Gasteiger charge is 2.14. The molecule has 0 fully saturated rings. The lowest BCUT2D eigenvalue weighted by Crippen LogP contribution is -1.98. The first kappa shape index (κ1) is 21.4. The number of carboxylic acids is 1. The van der Waals surface area contributed by atoms with Gasteiger partial charge in [0.15, 0.2) is 0 Å². The topological polar surface area (TPSA) is 94.7 Å². The third-order valence-corrected chi connectivity index (χ3v) is 5.62. The van der Waals surface area contributed by atoms with E-state index < -0.39 is 5.97 Å². The summed E-state index contributed by atoms with van der Waals surface area (Å²) in [7, 11) is 0. The molecule has 0 radical (unpaired) electrons. The largest absolute Gasteiger partial charge is 0.478 e. The van der Waals surface area contributed by atoms with E-state index in [1.54, 1.807) is 12.1 Å². The molecule has 2 aliphatic heterocycles. The molecule has 6 nitrogen and oxygen atoms in total. The number of hydrogen-bond acceptors (Lipinski definition) is 3. The van der Waals surface area contributed by atoms with Crippen LogP contribution in [-0.2, 0) is 0 Å². The molecule has 0 unspecified atom stereocenters. The second-order valence-corrected chi connectivity index (χ2v) is 7.94. The molecule has 7 heteroatoms. The van der Waals surface area contributed by atoms with Crippen molar-refractivity contribution >= 4 is 64.7 Å². The Labute approximate surface area is 200 Å². The van der Waals surface area contributed by atoms with Crippen LogP contribution in [0.4, 0.5) is 0 Å². The van der Waals surface area contributed by atoms with Crippen LogP contribution in [0.3, 0.4) is 0 Å². The minimum absolute atomic E-state index is 0. The van der Waals surface area contributed by atoms with Crippen molar-refractivity contribution in [2.24, 2.45) is 0 Å². The van der Waals surface area contributed by atoms with Crippen LogP contribution >= 0.6 is 12.4 Å². The summed E-state index contributed by atoms with van der Waals surface area (Å²) in [6, 6.07) is 20.9. The standard InChI is InChI=1S/C27H18N4O2.ClH/c32-27(33)24-4-2-1-3-23(24)25-14-22-13-20-8-7-18(29-20)11-16-5-6-17(28-16)12-19-9-10-21(30-19)15-26(25)31-22;/h1-15,29,31H,(H,32,33);1H. The maximum absolute atomic E-state index is 11.9. The third-order valence-electron chi connectivity index (χ3n) is 5.62. The van der Waals surface area contributed by atoms with E-state index in [4.69, 9.17) is 4.98 Å². The second kappa shape index (κ2) is 8.50. The van der Waals surface area contributed by atoms with Gasteiger partial charge < -0.3 is 15.1 Å². The number of hydrogen-bond donors (Lipinski definition) is 3. The number of aromatic amines is 2. The van der Waals surface area contributed by atoms with Gasteiger partial charge in [-0.3, -0.25) is 0 Å². The van der Waals surface area contributed by atoms with Gasteiger partial charge in [0.05, 0.1) is 28.3 Å². The van der Waals surface area contributed by atoms with Crippen molar-refractivity contribution in [1.82, 2.24) is 19.9 Å². The molecule has 34 heavy (non-hydrogen) atoms. The smallest absolute Gasteiger partial charge is 0.336 e. The summed E-state index contributed by atoms with van der Waals surface area (Å²) in [5.74, 6) is -0.962. The van der Waals surface area contributed by atoms with Crippen molar-refractivity contribution in [3.63, 3.8) is 0 Å². The molecule has 3 aromatic heterocycles. The lowest BCUT2D eigenvalue weighted by Gasteiger charge is -2.04. The van der Waals surface area contributed by atoms with Crippen LogP contribution in [0, 0.1) is 0 Å². The molecule has 0 atom stereocenters. The summed E-state index contributed by atoms with van der Waals surface area (Å²) in [6.45, 7) is 0. The summed E-state index contributed by atoms with van der Waals surface area (Å²) in [5, 5.41) is 9.73. The van der Waals surface area contributed by atoms with Crippen LogP contribution < -0.4 is 0 Å². The first-order valence-corrected chi connectivity index (χ1v) is 10.5.